The summed E-state index contributed by atoms with van der Waals surface area (Å²) in [5.41, 5.74) is 0.460. The van der Waals surface area contributed by atoms with Gasteiger partial charge >= 0.3 is 6.18 Å². The van der Waals surface area contributed by atoms with Gasteiger partial charge in [0.15, 0.2) is 0 Å². The minimum atomic E-state index is -4.37. The van der Waals surface area contributed by atoms with Crippen LogP contribution in [0.2, 0.25) is 0 Å². The van der Waals surface area contributed by atoms with E-state index >= 15 is 0 Å². The van der Waals surface area contributed by atoms with Crippen LogP contribution in [0.4, 0.5) is 13.2 Å². The summed E-state index contributed by atoms with van der Waals surface area (Å²) >= 11 is 0. The molecule has 0 unspecified atom stereocenters. The molecule has 3 rings (SSSR count). The van der Waals surface area contributed by atoms with Crippen molar-refractivity contribution >= 4 is 0 Å². The van der Waals surface area contributed by atoms with Gasteiger partial charge in [0, 0.05) is 12.1 Å². The molecular formula is C16H17F3N2O. The molecule has 0 radical (unpaired) electrons. The summed E-state index contributed by atoms with van der Waals surface area (Å²) in [5, 5.41) is 0. The molecule has 0 aliphatic carbocycles. The van der Waals surface area contributed by atoms with Crippen molar-refractivity contribution in [1.29, 1.82) is 0 Å². The second-order valence-electron chi connectivity index (χ2n) is 5.58. The van der Waals surface area contributed by atoms with Gasteiger partial charge in [0.2, 0.25) is 5.89 Å². The summed E-state index contributed by atoms with van der Waals surface area (Å²) < 4.78 is 43.9. The number of hydrogen-bond acceptors (Lipinski definition) is 3. The number of nitrogens with zero attached hydrogens (tertiary/aromatic N) is 2. The first kappa shape index (κ1) is 15.1. The van der Waals surface area contributed by atoms with Gasteiger partial charge in [-0.1, -0.05) is 6.07 Å². The van der Waals surface area contributed by atoms with E-state index in [1.165, 1.54) is 18.9 Å². The second kappa shape index (κ2) is 5.76. The maximum atomic E-state index is 12.8. The van der Waals surface area contributed by atoms with E-state index in [0.717, 1.165) is 30.9 Å². The lowest BCUT2D eigenvalue weighted by Gasteiger charge is -2.12. The van der Waals surface area contributed by atoms with Gasteiger partial charge in [-0.05, 0) is 51.1 Å². The van der Waals surface area contributed by atoms with E-state index < -0.39 is 11.7 Å². The molecule has 3 nitrogen and oxygen atoms in total. The SMILES string of the molecule is Cc1oc(-c2cccc(C(F)(F)F)c2)nc1CN1CCCC1. The van der Waals surface area contributed by atoms with Crippen LogP contribution in [-0.4, -0.2) is 23.0 Å². The molecule has 1 aliphatic rings. The van der Waals surface area contributed by atoms with Gasteiger partial charge in [-0.3, -0.25) is 4.90 Å². The van der Waals surface area contributed by atoms with E-state index in [0.29, 0.717) is 17.9 Å². The first-order valence-corrected chi connectivity index (χ1v) is 7.30. The van der Waals surface area contributed by atoms with Crippen LogP contribution in [0.1, 0.15) is 29.9 Å². The minimum Gasteiger partial charge on any atom is -0.441 e. The van der Waals surface area contributed by atoms with Crippen molar-refractivity contribution in [2.24, 2.45) is 0 Å². The summed E-state index contributed by atoms with van der Waals surface area (Å²) in [5.74, 6) is 0.914. The van der Waals surface area contributed by atoms with Gasteiger partial charge < -0.3 is 4.42 Å². The number of halogens is 3. The molecule has 1 fully saturated rings. The van der Waals surface area contributed by atoms with Crippen molar-refractivity contribution in [2.45, 2.75) is 32.5 Å². The Morgan fingerprint density at radius 1 is 1.23 bits per heavy atom. The van der Waals surface area contributed by atoms with E-state index in [1.54, 1.807) is 13.0 Å². The van der Waals surface area contributed by atoms with Crippen LogP contribution in [-0.2, 0) is 12.7 Å². The molecule has 0 amide bonds. The summed E-state index contributed by atoms with van der Waals surface area (Å²) in [7, 11) is 0. The molecule has 1 aromatic carbocycles. The average Bonchev–Trinajstić information content (AvgIpc) is 3.09. The number of aromatic nitrogens is 1. The summed E-state index contributed by atoms with van der Waals surface area (Å²) in [6, 6.07) is 5.08. The second-order valence-corrected chi connectivity index (χ2v) is 5.58. The fraction of sp³-hybridized carbons (Fsp3) is 0.438. The van der Waals surface area contributed by atoms with E-state index in [4.69, 9.17) is 4.42 Å². The number of alkyl halides is 3. The molecular weight excluding hydrogens is 293 g/mol. The van der Waals surface area contributed by atoms with Crippen LogP contribution in [0.3, 0.4) is 0 Å². The standard InChI is InChI=1S/C16H17F3N2O/c1-11-14(10-21-7-2-3-8-21)20-15(22-11)12-5-4-6-13(9-12)16(17,18)19/h4-6,9H,2-3,7-8,10H2,1H3. The lowest BCUT2D eigenvalue weighted by Crippen LogP contribution is -2.19. The predicted octanol–water partition coefficient (Wildman–Crippen LogP) is 4.26. The molecule has 0 atom stereocenters. The lowest BCUT2D eigenvalue weighted by atomic mass is 10.1. The van der Waals surface area contributed by atoms with Crippen molar-refractivity contribution in [3.8, 4) is 11.5 Å². The number of rotatable bonds is 3. The van der Waals surface area contributed by atoms with E-state index in [-0.39, 0.29) is 5.89 Å². The molecule has 6 heteroatoms. The Balaban J connectivity index is 1.86. The van der Waals surface area contributed by atoms with Gasteiger partial charge in [-0.2, -0.15) is 13.2 Å². The molecule has 1 aromatic heterocycles. The van der Waals surface area contributed by atoms with Crippen LogP contribution in [0.5, 0.6) is 0 Å². The fourth-order valence-electron chi connectivity index (χ4n) is 2.68. The Bertz CT molecular complexity index is 658. The van der Waals surface area contributed by atoms with Crippen molar-refractivity contribution in [1.82, 2.24) is 9.88 Å². The molecule has 0 bridgehead atoms. The first-order chi connectivity index (χ1) is 10.4. The van der Waals surface area contributed by atoms with Gasteiger partial charge in [0.1, 0.15) is 5.76 Å². The highest BCUT2D eigenvalue weighted by Gasteiger charge is 2.31. The molecule has 118 valence electrons. The highest BCUT2D eigenvalue weighted by Crippen LogP contribution is 2.32. The van der Waals surface area contributed by atoms with Crippen LogP contribution in [0, 0.1) is 6.92 Å². The fourth-order valence-corrected chi connectivity index (χ4v) is 2.68. The maximum Gasteiger partial charge on any atom is 0.416 e. The van der Waals surface area contributed by atoms with E-state index in [2.05, 4.69) is 9.88 Å². The molecule has 0 N–H and O–H groups in total. The highest BCUT2D eigenvalue weighted by molar-refractivity contribution is 5.55. The maximum absolute atomic E-state index is 12.8. The summed E-state index contributed by atoms with van der Waals surface area (Å²) in [6.45, 7) is 4.56. The van der Waals surface area contributed by atoms with Gasteiger partial charge in [0.25, 0.3) is 0 Å². The third-order valence-corrected chi connectivity index (χ3v) is 3.90. The van der Waals surface area contributed by atoms with E-state index in [1.807, 2.05) is 0 Å². The zero-order chi connectivity index (χ0) is 15.7. The normalized spacial score (nSPS) is 16.4. The first-order valence-electron chi connectivity index (χ1n) is 7.30. The topological polar surface area (TPSA) is 29.3 Å². The number of likely N-dealkylation sites (tertiary alicyclic amines) is 1. The molecule has 0 spiro atoms. The van der Waals surface area contributed by atoms with Crippen LogP contribution in [0.25, 0.3) is 11.5 Å². The Hall–Kier alpha value is -1.82. The molecule has 1 saturated heterocycles. The highest BCUT2D eigenvalue weighted by atomic mass is 19.4. The van der Waals surface area contributed by atoms with Crippen LogP contribution in [0.15, 0.2) is 28.7 Å². The Labute approximate surface area is 126 Å². The van der Waals surface area contributed by atoms with Crippen molar-refractivity contribution in [3.63, 3.8) is 0 Å². The molecule has 2 heterocycles. The Morgan fingerprint density at radius 3 is 2.64 bits per heavy atom. The van der Waals surface area contributed by atoms with Crippen molar-refractivity contribution in [2.75, 3.05) is 13.1 Å². The third kappa shape index (κ3) is 3.16. The molecule has 2 aromatic rings. The van der Waals surface area contributed by atoms with Crippen LogP contribution >= 0.6 is 0 Å². The summed E-state index contributed by atoms with van der Waals surface area (Å²) in [4.78, 5) is 6.67. The Kier molecular flexibility index (Phi) is 3.95. The predicted molar refractivity (Wildman–Crippen MR) is 76.2 cm³/mol. The lowest BCUT2D eigenvalue weighted by molar-refractivity contribution is -0.137. The third-order valence-electron chi connectivity index (χ3n) is 3.90. The van der Waals surface area contributed by atoms with Crippen LogP contribution < -0.4 is 0 Å². The van der Waals surface area contributed by atoms with E-state index in [9.17, 15) is 13.2 Å². The zero-order valence-corrected chi connectivity index (χ0v) is 12.3. The molecule has 22 heavy (non-hydrogen) atoms. The quantitative estimate of drug-likeness (QED) is 0.848. The number of hydrogen-bond donors (Lipinski definition) is 0. The number of aryl methyl sites for hydroxylation is 1. The van der Waals surface area contributed by atoms with Gasteiger partial charge in [-0.25, -0.2) is 4.98 Å². The monoisotopic (exact) mass is 310 g/mol. The van der Waals surface area contributed by atoms with Gasteiger partial charge in [0.05, 0.1) is 11.3 Å². The summed E-state index contributed by atoms with van der Waals surface area (Å²) in [6.07, 6.45) is -2.01. The van der Waals surface area contributed by atoms with Crippen molar-refractivity contribution in [3.05, 3.63) is 41.3 Å². The minimum absolute atomic E-state index is 0.248. The smallest absolute Gasteiger partial charge is 0.416 e. The van der Waals surface area contributed by atoms with Gasteiger partial charge in [-0.15, -0.1) is 0 Å². The number of benzene rings is 1. The van der Waals surface area contributed by atoms with Crippen molar-refractivity contribution < 1.29 is 17.6 Å². The average molecular weight is 310 g/mol. The molecule has 1 aliphatic heterocycles. The largest absolute Gasteiger partial charge is 0.441 e. The number of oxazole rings is 1. The zero-order valence-electron chi connectivity index (χ0n) is 12.3. The molecule has 0 saturated carbocycles. The Morgan fingerprint density at radius 2 is 1.95 bits per heavy atom.